The van der Waals surface area contributed by atoms with Gasteiger partial charge in [0.15, 0.2) is 0 Å². The molecule has 0 amide bonds. The second-order valence-electron chi connectivity index (χ2n) is 8.75. The molecule has 39 heavy (non-hydrogen) atoms. The van der Waals surface area contributed by atoms with Crippen LogP contribution in [-0.2, 0) is 20.5 Å². The molecule has 1 fully saturated rings. The molecule has 3 aromatic rings. The number of hydrogen-bond donors (Lipinski definition) is 1. The minimum atomic E-state index is -3.64. The molecule has 1 aromatic heterocycles. The summed E-state index contributed by atoms with van der Waals surface area (Å²) in [7, 11) is -3.64. The van der Waals surface area contributed by atoms with Crippen LogP contribution in [0.3, 0.4) is 0 Å². The van der Waals surface area contributed by atoms with Gasteiger partial charge in [0.25, 0.3) is 0 Å². The number of carboxylic acids is 1. The molecule has 13 heteroatoms. The average Bonchev–Trinajstić information content (AvgIpc) is 2.92. The van der Waals surface area contributed by atoms with Gasteiger partial charge in [-0.15, -0.1) is 0 Å². The summed E-state index contributed by atoms with van der Waals surface area (Å²) >= 11 is 6.10. The predicted octanol–water partition coefficient (Wildman–Crippen LogP) is 2.65. The van der Waals surface area contributed by atoms with Gasteiger partial charge in [-0.3, -0.25) is 4.79 Å². The third kappa shape index (κ3) is 6.95. The minimum Gasteiger partial charge on any atom is -0.484 e. The first-order valence-electron chi connectivity index (χ1n) is 12.3. The highest BCUT2D eigenvalue weighted by Crippen LogP contribution is 2.27. The molecule has 0 bridgehead atoms. The Labute approximate surface area is 231 Å². The van der Waals surface area contributed by atoms with Crippen LogP contribution in [0.25, 0.3) is 5.69 Å². The van der Waals surface area contributed by atoms with Gasteiger partial charge in [-0.1, -0.05) is 29.8 Å². The van der Waals surface area contributed by atoms with E-state index < -0.39 is 21.6 Å². The second-order valence-corrected chi connectivity index (χ2v) is 11.2. The number of aromatic nitrogens is 2. The molecule has 2 aromatic carbocycles. The maximum atomic E-state index is 13.4. The van der Waals surface area contributed by atoms with Crippen LogP contribution in [0.2, 0.25) is 5.02 Å². The van der Waals surface area contributed by atoms with E-state index >= 15 is 0 Å². The second kappa shape index (κ2) is 12.6. The van der Waals surface area contributed by atoms with E-state index in [2.05, 4.69) is 5.10 Å². The normalized spacial score (nSPS) is 14.4. The van der Waals surface area contributed by atoms with Gasteiger partial charge < -0.3 is 19.5 Å². The lowest BCUT2D eigenvalue weighted by molar-refractivity contribution is 0.0697. The molecule has 1 aliphatic rings. The van der Waals surface area contributed by atoms with Crippen molar-refractivity contribution in [2.24, 2.45) is 0 Å². The predicted molar refractivity (Wildman–Crippen MR) is 147 cm³/mol. The Hall–Kier alpha value is -3.45. The average molecular weight is 577 g/mol. The third-order valence-corrected chi connectivity index (χ3v) is 8.25. The number of aromatic carboxylic acids is 1. The zero-order chi connectivity index (χ0) is 28.0. The number of ether oxygens (including phenoxy) is 2. The molecule has 0 atom stereocenters. The van der Waals surface area contributed by atoms with E-state index in [0.29, 0.717) is 48.3 Å². The van der Waals surface area contributed by atoms with Crippen molar-refractivity contribution in [2.45, 2.75) is 12.7 Å². The molecular weight excluding hydrogens is 548 g/mol. The number of carboxylic acid groups (broad SMARTS) is 1. The van der Waals surface area contributed by atoms with Crippen LogP contribution in [0.15, 0.2) is 59.5 Å². The van der Waals surface area contributed by atoms with E-state index in [-0.39, 0.29) is 36.8 Å². The lowest BCUT2D eigenvalue weighted by Crippen LogP contribution is -2.49. The molecule has 0 spiro atoms. The zero-order valence-electron chi connectivity index (χ0n) is 21.3. The smallest absolute Gasteiger partial charge is 0.335 e. The van der Waals surface area contributed by atoms with Gasteiger partial charge in [0.05, 0.1) is 29.8 Å². The first kappa shape index (κ1) is 28.6. The molecule has 0 radical (unpaired) electrons. The Morgan fingerprint density at radius 3 is 2.44 bits per heavy atom. The largest absolute Gasteiger partial charge is 0.484 e. The van der Waals surface area contributed by atoms with Crippen molar-refractivity contribution in [3.05, 3.63) is 81.2 Å². The van der Waals surface area contributed by atoms with Gasteiger partial charge in [0.2, 0.25) is 15.8 Å². The first-order chi connectivity index (χ1) is 18.7. The van der Waals surface area contributed by atoms with Crippen LogP contribution < -0.4 is 15.2 Å². The van der Waals surface area contributed by atoms with E-state index in [4.69, 9.17) is 26.2 Å². The van der Waals surface area contributed by atoms with E-state index in [0.717, 1.165) is 0 Å². The van der Waals surface area contributed by atoms with Crippen molar-refractivity contribution < 1.29 is 27.8 Å². The quantitative estimate of drug-likeness (QED) is 0.342. The fourth-order valence-electron chi connectivity index (χ4n) is 4.18. The monoisotopic (exact) mass is 576 g/mol. The number of benzene rings is 2. The van der Waals surface area contributed by atoms with Crippen LogP contribution in [0.1, 0.15) is 22.8 Å². The summed E-state index contributed by atoms with van der Waals surface area (Å²) in [4.78, 5) is 26.4. The Morgan fingerprint density at radius 2 is 1.79 bits per heavy atom. The topological polar surface area (TPSA) is 131 Å². The van der Waals surface area contributed by atoms with Crippen molar-refractivity contribution in [3.63, 3.8) is 0 Å². The number of anilines is 1. The molecule has 11 nitrogen and oxygen atoms in total. The van der Waals surface area contributed by atoms with Crippen LogP contribution in [0.5, 0.6) is 5.75 Å². The molecule has 0 saturated carbocycles. The molecule has 4 rings (SSSR count). The maximum Gasteiger partial charge on any atom is 0.335 e. The van der Waals surface area contributed by atoms with Gasteiger partial charge in [-0.25, -0.2) is 13.2 Å². The molecule has 1 N–H and O–H groups in total. The maximum absolute atomic E-state index is 13.4. The minimum absolute atomic E-state index is 0.0925. The molecule has 0 unspecified atom stereocenters. The number of hydrogen-bond acceptors (Lipinski definition) is 8. The molecular formula is C26H29ClN4O7S. The lowest BCUT2D eigenvalue weighted by Gasteiger charge is -2.35. The Morgan fingerprint density at radius 1 is 1.08 bits per heavy atom. The van der Waals surface area contributed by atoms with Crippen LogP contribution in [0, 0.1) is 0 Å². The van der Waals surface area contributed by atoms with Crippen molar-refractivity contribution in [3.8, 4) is 11.4 Å². The number of sulfonamides is 1. The van der Waals surface area contributed by atoms with Crippen LogP contribution in [-0.4, -0.2) is 79.6 Å². The van der Waals surface area contributed by atoms with Crippen LogP contribution in [0.4, 0.5) is 5.69 Å². The number of rotatable bonds is 11. The number of carbonyl (C=O) groups is 1. The fraction of sp³-hybridized carbons (Fsp3) is 0.346. The van der Waals surface area contributed by atoms with Gasteiger partial charge >= 0.3 is 11.5 Å². The van der Waals surface area contributed by atoms with Gasteiger partial charge in [0.1, 0.15) is 12.3 Å². The van der Waals surface area contributed by atoms with E-state index in [9.17, 15) is 18.0 Å². The van der Waals surface area contributed by atoms with Crippen molar-refractivity contribution in [1.82, 2.24) is 14.1 Å². The summed E-state index contributed by atoms with van der Waals surface area (Å²) in [5, 5.41) is 13.8. The number of halogens is 1. The lowest BCUT2D eigenvalue weighted by atomic mass is 10.1. The summed E-state index contributed by atoms with van der Waals surface area (Å²) in [5.74, 6) is -1.22. The van der Waals surface area contributed by atoms with Gasteiger partial charge in [0, 0.05) is 37.8 Å². The van der Waals surface area contributed by atoms with E-state index in [1.807, 2.05) is 11.8 Å². The number of piperazine rings is 1. The van der Waals surface area contributed by atoms with Crippen molar-refractivity contribution >= 4 is 33.3 Å². The summed E-state index contributed by atoms with van der Waals surface area (Å²) in [6.45, 7) is 3.88. The molecule has 208 valence electrons. The third-order valence-electron chi connectivity index (χ3n) is 6.17. The molecule has 1 aliphatic heterocycles. The van der Waals surface area contributed by atoms with E-state index in [1.165, 1.54) is 39.4 Å². The summed E-state index contributed by atoms with van der Waals surface area (Å²) in [6.07, 6.45) is 1.53. The molecule has 1 saturated heterocycles. The molecule has 2 heterocycles. The summed E-state index contributed by atoms with van der Waals surface area (Å²) in [6, 6.07) is 12.5. The van der Waals surface area contributed by atoms with Crippen molar-refractivity contribution in [2.75, 3.05) is 50.9 Å². The number of nitrogens with zero attached hydrogens (tertiary/aromatic N) is 4. The van der Waals surface area contributed by atoms with Crippen LogP contribution >= 0.6 is 11.6 Å². The Balaban J connectivity index is 1.51. The highest BCUT2D eigenvalue weighted by atomic mass is 35.5. The van der Waals surface area contributed by atoms with Gasteiger partial charge in [-0.05, 0) is 42.8 Å². The highest BCUT2D eigenvalue weighted by molar-refractivity contribution is 7.88. The first-order valence-corrected chi connectivity index (χ1v) is 14.3. The Kier molecular flexibility index (Phi) is 9.23. The summed E-state index contributed by atoms with van der Waals surface area (Å²) < 4.78 is 39.9. The SMILES string of the molecule is CCOCCOc1c(N2CCN(S(=O)(=O)Cc3ccc(C(=O)O)cc3)CC2)cnn(-c2cccc(Cl)c2)c1=O. The highest BCUT2D eigenvalue weighted by Gasteiger charge is 2.29. The molecule has 0 aliphatic carbocycles. The zero-order valence-corrected chi connectivity index (χ0v) is 22.9. The van der Waals surface area contributed by atoms with Crippen molar-refractivity contribution in [1.29, 1.82) is 0 Å². The van der Waals surface area contributed by atoms with E-state index in [1.54, 1.807) is 24.3 Å². The summed E-state index contributed by atoms with van der Waals surface area (Å²) in [5.41, 5.74) is 1.08. The fourth-order valence-corrected chi connectivity index (χ4v) is 5.88. The van der Waals surface area contributed by atoms with Gasteiger partial charge in [-0.2, -0.15) is 14.1 Å². The Bertz CT molecular complexity index is 1470. The standard InChI is InChI=1S/C26H29ClN4O7S/c1-2-37-14-15-38-24-23(17-28-31(25(24)32)22-5-3-4-21(27)16-22)29-10-12-30(13-11-29)39(35,36)18-19-6-8-20(9-7-19)26(33)34/h3-9,16-17H,2,10-15,18H2,1H3,(H,33,34).